The van der Waals surface area contributed by atoms with Crippen LogP contribution in [0.2, 0.25) is 0 Å². The molecule has 0 atom stereocenters. The molecule has 1 heterocycles. The number of para-hydroxylation sites is 4. The van der Waals surface area contributed by atoms with Crippen LogP contribution in [0.25, 0.3) is 28.1 Å². The summed E-state index contributed by atoms with van der Waals surface area (Å²) in [5, 5.41) is 14.5. The van der Waals surface area contributed by atoms with E-state index in [1.54, 1.807) is 0 Å². The van der Waals surface area contributed by atoms with Gasteiger partial charge in [0.15, 0.2) is 5.96 Å². The van der Waals surface area contributed by atoms with Crippen molar-refractivity contribution in [3.8, 4) is 17.1 Å². The summed E-state index contributed by atoms with van der Waals surface area (Å²) in [5.41, 5.74) is 12.1. The molecule has 0 saturated carbocycles. The predicted octanol–water partition coefficient (Wildman–Crippen LogP) is 4.26. The number of fused-ring (bicyclic) bond motifs is 2. The second kappa shape index (κ2) is 9.46. The number of hydrogen-bond acceptors (Lipinski definition) is 4. The lowest BCUT2D eigenvalue weighted by atomic mass is 10.1. The van der Waals surface area contributed by atoms with Gasteiger partial charge in [-0.1, -0.05) is 48.5 Å². The van der Waals surface area contributed by atoms with E-state index >= 15 is 0 Å². The van der Waals surface area contributed by atoms with Crippen LogP contribution in [0.4, 0.5) is 11.4 Å². The Bertz CT molecular complexity index is 1470. The Morgan fingerprint density at radius 3 is 2.38 bits per heavy atom. The summed E-state index contributed by atoms with van der Waals surface area (Å²) < 4.78 is 2.22. The molecule has 7 nitrogen and oxygen atoms in total. The molecule has 7 heteroatoms. The zero-order valence-corrected chi connectivity index (χ0v) is 18.6. The minimum Gasteiger partial charge on any atom is -0.370 e. The summed E-state index contributed by atoms with van der Waals surface area (Å²) in [4.78, 5) is 9.79. The molecule has 0 amide bonds. The molecule has 5 rings (SSSR count). The van der Waals surface area contributed by atoms with Crippen LogP contribution in [-0.4, -0.2) is 28.6 Å². The van der Waals surface area contributed by atoms with Gasteiger partial charge in [0.05, 0.1) is 40.0 Å². The van der Waals surface area contributed by atoms with Crippen molar-refractivity contribution in [1.82, 2.24) is 14.9 Å². The standard InChI is InChI=1S/C27H25N7/c28-27(29)31-16-15-30-22-18-26-24(17-23(22)32-19-9-3-1-4-10-19)33-21-13-7-8-14-25(21)34(26)20-11-5-2-6-12-20/h1-14,17-18,32H,15-16H2,(H4,28,29,31)/b30-22-. The minimum absolute atomic E-state index is 0.0612. The monoisotopic (exact) mass is 447 g/mol. The van der Waals surface area contributed by atoms with Gasteiger partial charge in [0.2, 0.25) is 0 Å². The van der Waals surface area contributed by atoms with Gasteiger partial charge in [0.1, 0.15) is 0 Å². The third-order valence-electron chi connectivity index (χ3n) is 5.47. The molecular formula is C27H25N7. The zero-order valence-electron chi connectivity index (χ0n) is 18.6. The molecule has 3 aromatic rings. The molecule has 2 aliphatic rings. The number of nitrogens with one attached hydrogen (secondary N) is 3. The molecule has 0 aromatic heterocycles. The summed E-state index contributed by atoms with van der Waals surface area (Å²) in [5.74, 6) is -0.0612. The summed E-state index contributed by atoms with van der Waals surface area (Å²) in [7, 11) is 0. The lowest BCUT2D eigenvalue weighted by Gasteiger charge is -2.20. The van der Waals surface area contributed by atoms with Gasteiger partial charge in [0, 0.05) is 17.9 Å². The highest BCUT2D eigenvalue weighted by atomic mass is 15.1. The Morgan fingerprint density at radius 2 is 1.62 bits per heavy atom. The number of nitrogens with zero attached hydrogens (tertiary/aromatic N) is 3. The maximum absolute atomic E-state index is 7.38. The lowest BCUT2D eigenvalue weighted by molar-refractivity contribution is 0.848. The van der Waals surface area contributed by atoms with E-state index in [9.17, 15) is 0 Å². The SMILES string of the molecule is N=C(N)NCC/N=c1/cc2n(-c3ccccc3)c3ccccc3nc-2cc1Nc1ccccc1. The third-order valence-corrected chi connectivity index (χ3v) is 5.47. The van der Waals surface area contributed by atoms with Crippen molar-refractivity contribution in [2.24, 2.45) is 10.7 Å². The van der Waals surface area contributed by atoms with Crippen molar-refractivity contribution >= 4 is 28.4 Å². The second-order valence-electron chi connectivity index (χ2n) is 7.84. The fourth-order valence-electron chi connectivity index (χ4n) is 3.97. The molecule has 0 unspecified atom stereocenters. The first-order valence-electron chi connectivity index (χ1n) is 11.1. The predicted molar refractivity (Wildman–Crippen MR) is 138 cm³/mol. The maximum atomic E-state index is 7.38. The first-order chi connectivity index (χ1) is 16.7. The van der Waals surface area contributed by atoms with E-state index in [2.05, 4.69) is 39.5 Å². The fraction of sp³-hybridized carbons (Fsp3) is 0.0741. The van der Waals surface area contributed by atoms with Crippen LogP contribution >= 0.6 is 0 Å². The molecule has 3 aromatic carbocycles. The van der Waals surface area contributed by atoms with Gasteiger partial charge in [-0.15, -0.1) is 0 Å². The molecule has 0 bridgehead atoms. The van der Waals surface area contributed by atoms with Crippen LogP contribution in [0.1, 0.15) is 0 Å². The number of nitrogens with two attached hydrogens (primary N) is 1. The van der Waals surface area contributed by atoms with E-state index in [0.717, 1.165) is 44.8 Å². The van der Waals surface area contributed by atoms with Gasteiger partial charge in [-0.2, -0.15) is 0 Å². The van der Waals surface area contributed by atoms with Gasteiger partial charge in [-0.25, -0.2) is 4.98 Å². The van der Waals surface area contributed by atoms with Crippen molar-refractivity contribution in [2.45, 2.75) is 0 Å². The largest absolute Gasteiger partial charge is 0.370 e. The summed E-state index contributed by atoms with van der Waals surface area (Å²) >= 11 is 0. The normalized spacial score (nSPS) is 11.6. The maximum Gasteiger partial charge on any atom is 0.185 e. The second-order valence-corrected chi connectivity index (χ2v) is 7.84. The van der Waals surface area contributed by atoms with Crippen LogP contribution in [-0.2, 0) is 0 Å². The summed E-state index contributed by atoms with van der Waals surface area (Å²) in [6, 6.07) is 32.5. The summed E-state index contributed by atoms with van der Waals surface area (Å²) in [6.07, 6.45) is 0. The highest BCUT2D eigenvalue weighted by Crippen LogP contribution is 2.30. The smallest absolute Gasteiger partial charge is 0.185 e. The van der Waals surface area contributed by atoms with Crippen LogP contribution in [0.3, 0.4) is 0 Å². The Kier molecular flexibility index (Phi) is 5.90. The van der Waals surface area contributed by atoms with Crippen molar-refractivity contribution in [3.63, 3.8) is 0 Å². The van der Waals surface area contributed by atoms with Gasteiger partial charge < -0.3 is 20.9 Å². The molecule has 5 N–H and O–H groups in total. The third kappa shape index (κ3) is 4.45. The van der Waals surface area contributed by atoms with Crippen molar-refractivity contribution < 1.29 is 0 Å². The average molecular weight is 448 g/mol. The van der Waals surface area contributed by atoms with E-state index in [-0.39, 0.29) is 5.96 Å². The van der Waals surface area contributed by atoms with Crippen molar-refractivity contribution in [1.29, 1.82) is 5.41 Å². The molecule has 0 spiro atoms. The molecule has 0 saturated heterocycles. The topological polar surface area (TPSA) is 104 Å². The Balaban J connectivity index is 1.73. The average Bonchev–Trinajstić information content (AvgIpc) is 2.86. The molecule has 1 aliphatic carbocycles. The first kappa shape index (κ1) is 21.2. The quantitative estimate of drug-likeness (QED) is 0.135. The highest BCUT2D eigenvalue weighted by Gasteiger charge is 2.16. The van der Waals surface area contributed by atoms with Gasteiger partial charge in [0.25, 0.3) is 0 Å². The number of hydrogen-bond donors (Lipinski definition) is 4. The zero-order chi connectivity index (χ0) is 23.3. The van der Waals surface area contributed by atoms with Crippen LogP contribution < -0.4 is 21.7 Å². The first-order valence-corrected chi connectivity index (χ1v) is 11.1. The Hall–Kier alpha value is -4.65. The van der Waals surface area contributed by atoms with E-state index in [0.29, 0.717) is 13.1 Å². The van der Waals surface area contributed by atoms with Crippen molar-refractivity contribution in [3.05, 3.63) is 102 Å². The molecule has 1 aliphatic heterocycles. The summed E-state index contributed by atoms with van der Waals surface area (Å²) in [6.45, 7) is 0.952. The number of rotatable bonds is 6. The van der Waals surface area contributed by atoms with E-state index < -0.39 is 0 Å². The minimum atomic E-state index is -0.0612. The molecule has 34 heavy (non-hydrogen) atoms. The molecular weight excluding hydrogens is 422 g/mol. The van der Waals surface area contributed by atoms with Crippen LogP contribution in [0.15, 0.2) is 102 Å². The van der Waals surface area contributed by atoms with Crippen LogP contribution in [0.5, 0.6) is 0 Å². The highest BCUT2D eigenvalue weighted by molar-refractivity contribution is 5.84. The van der Waals surface area contributed by atoms with Gasteiger partial charge in [-0.05, 0) is 48.5 Å². The number of anilines is 2. The lowest BCUT2D eigenvalue weighted by Crippen LogP contribution is -2.32. The van der Waals surface area contributed by atoms with Crippen LogP contribution in [0, 0.1) is 5.41 Å². The van der Waals surface area contributed by atoms with Crippen molar-refractivity contribution in [2.75, 3.05) is 18.4 Å². The number of guanidine groups is 1. The number of benzene rings is 4. The van der Waals surface area contributed by atoms with Gasteiger partial charge >= 0.3 is 0 Å². The van der Waals surface area contributed by atoms with Gasteiger partial charge in [-0.3, -0.25) is 10.4 Å². The van der Waals surface area contributed by atoms with E-state index in [4.69, 9.17) is 21.1 Å². The molecule has 0 radical (unpaired) electrons. The number of aromatic nitrogens is 2. The molecule has 0 fully saturated rings. The fourth-order valence-corrected chi connectivity index (χ4v) is 3.97. The Labute approximate surface area is 197 Å². The Morgan fingerprint density at radius 1 is 0.912 bits per heavy atom. The van der Waals surface area contributed by atoms with E-state index in [1.165, 1.54) is 0 Å². The van der Waals surface area contributed by atoms with E-state index in [1.807, 2.05) is 72.8 Å². The molecule has 168 valence electrons.